The van der Waals surface area contributed by atoms with E-state index in [0.717, 1.165) is 12.8 Å². The molecular weight excluding hydrogens is 328 g/mol. The second-order valence-corrected chi connectivity index (χ2v) is 8.65. The Balaban J connectivity index is 1.43. The lowest BCUT2D eigenvalue weighted by Crippen LogP contribution is -2.49. The van der Waals surface area contributed by atoms with Crippen molar-refractivity contribution in [3.8, 4) is 0 Å². The monoisotopic (exact) mass is 352 g/mol. The van der Waals surface area contributed by atoms with Gasteiger partial charge in [-0.25, -0.2) is 8.42 Å². The molecule has 0 spiro atoms. The van der Waals surface area contributed by atoms with Gasteiger partial charge in [-0.15, -0.1) is 0 Å². The van der Waals surface area contributed by atoms with Crippen LogP contribution in [0.3, 0.4) is 0 Å². The molecule has 1 heterocycles. The molecule has 1 aliphatic heterocycles. The SMILES string of the molecule is CS(=O)(=O)N1CCO[C@H](CNC(=O)CC2Cc3ccccc3C2)C1. The van der Waals surface area contributed by atoms with E-state index in [2.05, 4.69) is 17.4 Å². The molecule has 0 unspecified atom stereocenters. The normalized spacial score (nSPS) is 22.3. The molecule has 7 heteroatoms. The number of fused-ring (bicyclic) bond motifs is 1. The van der Waals surface area contributed by atoms with E-state index in [0.29, 0.717) is 38.6 Å². The van der Waals surface area contributed by atoms with Crippen molar-refractivity contribution in [1.82, 2.24) is 9.62 Å². The summed E-state index contributed by atoms with van der Waals surface area (Å²) in [5.41, 5.74) is 2.68. The molecule has 3 rings (SSSR count). The molecule has 1 amide bonds. The van der Waals surface area contributed by atoms with E-state index < -0.39 is 10.0 Å². The van der Waals surface area contributed by atoms with Gasteiger partial charge >= 0.3 is 0 Å². The van der Waals surface area contributed by atoms with Crippen molar-refractivity contribution in [1.29, 1.82) is 0 Å². The number of ether oxygens (including phenoxy) is 1. The fourth-order valence-corrected chi connectivity index (χ4v) is 4.32. The van der Waals surface area contributed by atoms with Gasteiger partial charge in [0.25, 0.3) is 0 Å². The summed E-state index contributed by atoms with van der Waals surface area (Å²) in [5.74, 6) is 0.357. The van der Waals surface area contributed by atoms with Crippen LogP contribution in [0.5, 0.6) is 0 Å². The van der Waals surface area contributed by atoms with E-state index in [-0.39, 0.29) is 12.0 Å². The van der Waals surface area contributed by atoms with E-state index in [4.69, 9.17) is 4.74 Å². The predicted octanol–water partition coefficient (Wildman–Crippen LogP) is 0.568. The standard InChI is InChI=1S/C17H24N2O4S/c1-24(21,22)19-6-7-23-16(12-19)11-18-17(20)10-13-8-14-4-2-3-5-15(14)9-13/h2-5,13,16H,6-12H2,1H3,(H,18,20)/t16-/m1/s1. The summed E-state index contributed by atoms with van der Waals surface area (Å²) in [7, 11) is -3.21. The summed E-state index contributed by atoms with van der Waals surface area (Å²) in [6.07, 6.45) is 3.32. The minimum Gasteiger partial charge on any atom is -0.374 e. The smallest absolute Gasteiger partial charge is 0.220 e. The van der Waals surface area contributed by atoms with E-state index in [1.54, 1.807) is 0 Å². The van der Waals surface area contributed by atoms with Crippen molar-refractivity contribution >= 4 is 15.9 Å². The lowest BCUT2D eigenvalue weighted by Gasteiger charge is -2.31. The lowest BCUT2D eigenvalue weighted by atomic mass is 10.0. The van der Waals surface area contributed by atoms with Gasteiger partial charge < -0.3 is 10.1 Å². The van der Waals surface area contributed by atoms with Gasteiger partial charge in [0.05, 0.1) is 19.0 Å². The molecule has 0 saturated carbocycles. The molecule has 1 atom stereocenters. The van der Waals surface area contributed by atoms with Gasteiger partial charge in [0.1, 0.15) is 0 Å². The summed E-state index contributed by atoms with van der Waals surface area (Å²) in [5, 5.41) is 2.89. The molecule has 132 valence electrons. The maximum absolute atomic E-state index is 12.2. The number of carbonyl (C=O) groups is 1. The Morgan fingerprint density at radius 1 is 1.29 bits per heavy atom. The van der Waals surface area contributed by atoms with Crippen LogP contribution in [0.15, 0.2) is 24.3 Å². The zero-order valence-electron chi connectivity index (χ0n) is 13.9. The number of hydrogen-bond acceptors (Lipinski definition) is 4. The summed E-state index contributed by atoms with van der Waals surface area (Å²) in [4.78, 5) is 12.2. The molecule has 2 aliphatic rings. The molecule has 0 bridgehead atoms. The summed E-state index contributed by atoms with van der Waals surface area (Å²) in [6.45, 7) is 1.40. The molecule has 1 aromatic rings. The predicted molar refractivity (Wildman–Crippen MR) is 91.1 cm³/mol. The molecule has 0 aromatic heterocycles. The quantitative estimate of drug-likeness (QED) is 0.841. The topological polar surface area (TPSA) is 75.7 Å². The molecule has 1 N–H and O–H groups in total. The number of amides is 1. The first-order chi connectivity index (χ1) is 11.4. The minimum atomic E-state index is -3.21. The number of nitrogens with one attached hydrogen (secondary N) is 1. The number of sulfonamides is 1. The molecule has 0 radical (unpaired) electrons. The molecule has 24 heavy (non-hydrogen) atoms. The van der Waals surface area contributed by atoms with Gasteiger partial charge in [0.15, 0.2) is 0 Å². The maximum Gasteiger partial charge on any atom is 0.220 e. The zero-order valence-corrected chi connectivity index (χ0v) is 14.7. The van der Waals surface area contributed by atoms with Crippen molar-refractivity contribution < 1.29 is 17.9 Å². The van der Waals surface area contributed by atoms with Crippen LogP contribution in [-0.2, 0) is 32.4 Å². The van der Waals surface area contributed by atoms with Crippen LogP contribution >= 0.6 is 0 Å². The first-order valence-electron chi connectivity index (χ1n) is 8.32. The lowest BCUT2D eigenvalue weighted by molar-refractivity contribution is -0.122. The van der Waals surface area contributed by atoms with Crippen LogP contribution < -0.4 is 5.32 Å². The highest BCUT2D eigenvalue weighted by molar-refractivity contribution is 7.88. The van der Waals surface area contributed by atoms with Crippen LogP contribution in [0, 0.1) is 5.92 Å². The largest absolute Gasteiger partial charge is 0.374 e. The molecule has 1 aromatic carbocycles. The molecular formula is C17H24N2O4S. The number of nitrogens with zero attached hydrogens (tertiary/aromatic N) is 1. The van der Waals surface area contributed by atoms with Crippen molar-refractivity contribution in [3.05, 3.63) is 35.4 Å². The van der Waals surface area contributed by atoms with Gasteiger partial charge in [-0.1, -0.05) is 24.3 Å². The first-order valence-corrected chi connectivity index (χ1v) is 10.2. The van der Waals surface area contributed by atoms with Crippen LogP contribution in [0.1, 0.15) is 17.5 Å². The highest BCUT2D eigenvalue weighted by Gasteiger charge is 2.27. The van der Waals surface area contributed by atoms with Crippen molar-refractivity contribution in [2.75, 3.05) is 32.5 Å². The van der Waals surface area contributed by atoms with Gasteiger partial charge in [0, 0.05) is 26.1 Å². The fourth-order valence-electron chi connectivity index (χ4n) is 3.47. The Hall–Kier alpha value is -1.44. The van der Waals surface area contributed by atoms with E-state index in [1.165, 1.54) is 21.7 Å². The van der Waals surface area contributed by atoms with Crippen LogP contribution in [0.4, 0.5) is 0 Å². The van der Waals surface area contributed by atoms with Gasteiger partial charge in [-0.3, -0.25) is 4.79 Å². The van der Waals surface area contributed by atoms with Crippen LogP contribution in [-0.4, -0.2) is 57.2 Å². The molecule has 1 fully saturated rings. The second-order valence-electron chi connectivity index (χ2n) is 6.66. The van der Waals surface area contributed by atoms with E-state index >= 15 is 0 Å². The average molecular weight is 352 g/mol. The fraction of sp³-hybridized carbons (Fsp3) is 0.588. The third kappa shape index (κ3) is 4.34. The summed E-state index contributed by atoms with van der Waals surface area (Å²) < 4.78 is 30.1. The molecule has 1 saturated heterocycles. The third-order valence-electron chi connectivity index (χ3n) is 4.71. The third-order valence-corrected chi connectivity index (χ3v) is 5.98. The highest BCUT2D eigenvalue weighted by atomic mass is 32.2. The summed E-state index contributed by atoms with van der Waals surface area (Å²) in [6, 6.07) is 8.33. The van der Waals surface area contributed by atoms with Crippen molar-refractivity contribution in [2.24, 2.45) is 5.92 Å². The van der Waals surface area contributed by atoms with Gasteiger partial charge in [0.2, 0.25) is 15.9 Å². The maximum atomic E-state index is 12.2. The number of benzene rings is 1. The van der Waals surface area contributed by atoms with E-state index in [1.807, 2.05) is 12.1 Å². The Bertz CT molecular complexity index is 679. The Labute approximate surface area is 143 Å². The number of carbonyl (C=O) groups excluding carboxylic acids is 1. The average Bonchev–Trinajstić information content (AvgIpc) is 2.94. The van der Waals surface area contributed by atoms with Gasteiger partial charge in [-0.05, 0) is 29.9 Å². The number of morpholine rings is 1. The summed E-state index contributed by atoms with van der Waals surface area (Å²) >= 11 is 0. The highest BCUT2D eigenvalue weighted by Crippen LogP contribution is 2.28. The Kier molecular flexibility index (Phi) is 5.22. The van der Waals surface area contributed by atoms with Crippen LogP contribution in [0.2, 0.25) is 0 Å². The second kappa shape index (κ2) is 7.21. The molecule has 6 nitrogen and oxygen atoms in total. The van der Waals surface area contributed by atoms with Gasteiger partial charge in [-0.2, -0.15) is 4.31 Å². The van der Waals surface area contributed by atoms with Crippen LogP contribution in [0.25, 0.3) is 0 Å². The van der Waals surface area contributed by atoms with Crippen molar-refractivity contribution in [3.63, 3.8) is 0 Å². The number of hydrogen-bond donors (Lipinski definition) is 1. The van der Waals surface area contributed by atoms with Crippen molar-refractivity contribution in [2.45, 2.75) is 25.4 Å². The first kappa shape index (κ1) is 17.4. The van der Waals surface area contributed by atoms with E-state index in [9.17, 15) is 13.2 Å². The Morgan fingerprint density at radius 2 is 1.96 bits per heavy atom. The Morgan fingerprint density at radius 3 is 2.58 bits per heavy atom. The number of rotatable bonds is 5. The minimum absolute atomic E-state index is 0.00730. The zero-order chi connectivity index (χ0) is 17.2. The molecule has 1 aliphatic carbocycles.